The highest BCUT2D eigenvalue weighted by atomic mass is 79.9. The summed E-state index contributed by atoms with van der Waals surface area (Å²) in [7, 11) is 2.01. The molecule has 2 nitrogen and oxygen atoms in total. The van der Waals surface area contributed by atoms with Gasteiger partial charge in [-0.3, -0.25) is 4.79 Å². The summed E-state index contributed by atoms with van der Waals surface area (Å²) in [5, 5.41) is 1.13. The van der Waals surface area contributed by atoms with Gasteiger partial charge in [0, 0.05) is 39.7 Å². The summed E-state index contributed by atoms with van der Waals surface area (Å²) < 4.78 is 3.10. The zero-order valence-electron chi connectivity index (χ0n) is 11.6. The van der Waals surface area contributed by atoms with E-state index in [0.29, 0.717) is 5.56 Å². The molecular weight excluding hydrogens is 326 g/mol. The number of fused-ring (bicyclic) bond motifs is 1. The molecule has 1 aromatic heterocycles. The molecule has 0 fully saturated rings. The van der Waals surface area contributed by atoms with Crippen LogP contribution in [-0.4, -0.2) is 10.4 Å². The van der Waals surface area contributed by atoms with Crippen molar-refractivity contribution in [3.05, 3.63) is 76.4 Å². The van der Waals surface area contributed by atoms with Crippen LogP contribution in [0.4, 0.5) is 0 Å². The maximum absolute atomic E-state index is 12.1. The number of carbonyl (C=O) groups is 1. The highest BCUT2D eigenvalue weighted by Crippen LogP contribution is 2.25. The molecule has 0 saturated carbocycles. The Morgan fingerprint density at radius 3 is 2.67 bits per heavy atom. The Morgan fingerprint density at radius 2 is 1.90 bits per heavy atom. The van der Waals surface area contributed by atoms with Crippen molar-refractivity contribution in [3.8, 4) is 0 Å². The third-order valence-corrected chi connectivity index (χ3v) is 3.95. The number of hydrogen-bond donors (Lipinski definition) is 0. The van der Waals surface area contributed by atoms with Gasteiger partial charge in [0.2, 0.25) is 0 Å². The van der Waals surface area contributed by atoms with E-state index in [2.05, 4.69) is 32.6 Å². The van der Waals surface area contributed by atoms with E-state index >= 15 is 0 Å². The Bertz CT molecular complexity index is 831. The molecule has 0 aliphatic heterocycles. The number of aryl methyl sites for hydroxylation is 1. The van der Waals surface area contributed by atoms with Crippen LogP contribution in [0.5, 0.6) is 0 Å². The topological polar surface area (TPSA) is 22.0 Å². The van der Waals surface area contributed by atoms with Crippen LogP contribution in [0.25, 0.3) is 17.0 Å². The third kappa shape index (κ3) is 2.83. The third-order valence-electron chi connectivity index (χ3n) is 3.45. The zero-order chi connectivity index (χ0) is 14.8. The first-order valence-corrected chi connectivity index (χ1v) is 7.46. The van der Waals surface area contributed by atoms with Crippen molar-refractivity contribution < 1.29 is 4.79 Å². The van der Waals surface area contributed by atoms with E-state index in [1.807, 2.05) is 55.7 Å². The molecule has 3 rings (SSSR count). The second kappa shape index (κ2) is 5.70. The van der Waals surface area contributed by atoms with Gasteiger partial charge in [0.05, 0.1) is 0 Å². The van der Waals surface area contributed by atoms with Gasteiger partial charge in [-0.2, -0.15) is 0 Å². The minimum atomic E-state index is 0.0163. The van der Waals surface area contributed by atoms with Crippen LogP contribution in [0, 0.1) is 0 Å². The van der Waals surface area contributed by atoms with Crippen LogP contribution in [0.2, 0.25) is 0 Å². The van der Waals surface area contributed by atoms with Crippen molar-refractivity contribution in [3.63, 3.8) is 0 Å². The van der Waals surface area contributed by atoms with E-state index in [1.54, 1.807) is 6.08 Å². The van der Waals surface area contributed by atoms with Crippen LogP contribution >= 0.6 is 15.9 Å². The molecule has 0 spiro atoms. The van der Waals surface area contributed by atoms with E-state index in [0.717, 1.165) is 20.9 Å². The maximum Gasteiger partial charge on any atom is 0.185 e. The quantitative estimate of drug-likeness (QED) is 0.494. The lowest BCUT2D eigenvalue weighted by atomic mass is 10.1. The molecule has 104 valence electrons. The van der Waals surface area contributed by atoms with Gasteiger partial charge in [-0.25, -0.2) is 0 Å². The van der Waals surface area contributed by atoms with Gasteiger partial charge in [0.1, 0.15) is 0 Å². The molecule has 2 aromatic carbocycles. The molecule has 3 heteroatoms. The monoisotopic (exact) mass is 339 g/mol. The van der Waals surface area contributed by atoms with Crippen molar-refractivity contribution in [2.45, 2.75) is 0 Å². The molecule has 0 aliphatic rings. The summed E-state index contributed by atoms with van der Waals surface area (Å²) in [5.41, 5.74) is 2.89. The molecule has 3 aromatic rings. The zero-order valence-corrected chi connectivity index (χ0v) is 13.2. The molecule has 0 bridgehead atoms. The molecule has 0 saturated heterocycles. The van der Waals surface area contributed by atoms with E-state index in [1.165, 1.54) is 0 Å². The van der Waals surface area contributed by atoms with Crippen LogP contribution in [0.1, 0.15) is 15.9 Å². The Balaban J connectivity index is 1.97. The lowest BCUT2D eigenvalue weighted by Crippen LogP contribution is -1.92. The van der Waals surface area contributed by atoms with E-state index in [9.17, 15) is 4.79 Å². The summed E-state index contributed by atoms with van der Waals surface area (Å²) in [6.07, 6.45) is 5.54. The maximum atomic E-state index is 12.1. The summed E-state index contributed by atoms with van der Waals surface area (Å²) in [6.45, 7) is 0. The van der Waals surface area contributed by atoms with Crippen molar-refractivity contribution in [2.24, 2.45) is 7.05 Å². The van der Waals surface area contributed by atoms with Gasteiger partial charge >= 0.3 is 0 Å². The second-order valence-corrected chi connectivity index (χ2v) is 5.84. The lowest BCUT2D eigenvalue weighted by molar-refractivity contribution is 0.104. The molecule has 1 heterocycles. The molecule has 0 N–H and O–H groups in total. The molecule has 0 aliphatic carbocycles. The first-order valence-electron chi connectivity index (χ1n) is 6.67. The summed E-state index contributed by atoms with van der Waals surface area (Å²) in [4.78, 5) is 12.1. The average molecular weight is 340 g/mol. The normalized spacial score (nSPS) is 11.3. The van der Waals surface area contributed by atoms with Crippen molar-refractivity contribution in [1.29, 1.82) is 0 Å². The predicted molar refractivity (Wildman–Crippen MR) is 90.4 cm³/mol. The van der Waals surface area contributed by atoms with Crippen LogP contribution in [0.3, 0.4) is 0 Å². The molecular formula is C18H14BrNO. The number of halogens is 1. The smallest absolute Gasteiger partial charge is 0.185 e. The molecule has 0 radical (unpaired) electrons. The van der Waals surface area contributed by atoms with E-state index in [-0.39, 0.29) is 5.78 Å². The molecule has 0 unspecified atom stereocenters. The fourth-order valence-electron chi connectivity index (χ4n) is 2.39. The highest BCUT2D eigenvalue weighted by molar-refractivity contribution is 9.10. The minimum absolute atomic E-state index is 0.0163. The number of aromatic nitrogens is 1. The number of ketones is 1. The van der Waals surface area contributed by atoms with Gasteiger partial charge in [-0.1, -0.05) is 46.3 Å². The van der Waals surface area contributed by atoms with Gasteiger partial charge in [-0.05, 0) is 30.4 Å². The Morgan fingerprint density at radius 1 is 1.14 bits per heavy atom. The SMILES string of the molecule is Cn1cc(/C=C/C(=O)c2ccccc2)c2cc(Br)ccc21. The molecule has 21 heavy (non-hydrogen) atoms. The summed E-state index contributed by atoms with van der Waals surface area (Å²) in [6, 6.07) is 15.5. The second-order valence-electron chi connectivity index (χ2n) is 4.92. The minimum Gasteiger partial charge on any atom is -0.350 e. The Kier molecular flexibility index (Phi) is 3.76. The number of allylic oxidation sites excluding steroid dienone is 1. The first-order chi connectivity index (χ1) is 10.1. The van der Waals surface area contributed by atoms with Crippen LogP contribution in [0.15, 0.2) is 65.3 Å². The van der Waals surface area contributed by atoms with Crippen molar-refractivity contribution in [2.75, 3.05) is 0 Å². The summed E-state index contributed by atoms with van der Waals surface area (Å²) in [5.74, 6) is 0.0163. The largest absolute Gasteiger partial charge is 0.350 e. The average Bonchev–Trinajstić information content (AvgIpc) is 2.81. The first kappa shape index (κ1) is 13.8. The van der Waals surface area contributed by atoms with Crippen LogP contribution < -0.4 is 0 Å². The van der Waals surface area contributed by atoms with Gasteiger partial charge in [0.15, 0.2) is 5.78 Å². The number of hydrogen-bond acceptors (Lipinski definition) is 1. The number of benzene rings is 2. The Hall–Kier alpha value is -2.13. The Labute approximate surface area is 131 Å². The van der Waals surface area contributed by atoms with Gasteiger partial charge in [-0.15, -0.1) is 0 Å². The number of nitrogens with zero attached hydrogens (tertiary/aromatic N) is 1. The summed E-state index contributed by atoms with van der Waals surface area (Å²) >= 11 is 3.49. The highest BCUT2D eigenvalue weighted by Gasteiger charge is 2.06. The number of carbonyl (C=O) groups excluding carboxylic acids is 1. The predicted octanol–water partition coefficient (Wildman–Crippen LogP) is 4.84. The number of rotatable bonds is 3. The van der Waals surface area contributed by atoms with Crippen LogP contribution in [-0.2, 0) is 7.05 Å². The van der Waals surface area contributed by atoms with Gasteiger partial charge < -0.3 is 4.57 Å². The lowest BCUT2D eigenvalue weighted by Gasteiger charge is -1.96. The molecule has 0 atom stereocenters. The fourth-order valence-corrected chi connectivity index (χ4v) is 2.75. The standard InChI is InChI=1S/C18H14BrNO/c1-20-12-14(16-11-15(19)8-9-17(16)20)7-10-18(21)13-5-3-2-4-6-13/h2-12H,1H3/b10-7+. The van der Waals surface area contributed by atoms with Crippen molar-refractivity contribution >= 4 is 38.7 Å². The van der Waals surface area contributed by atoms with E-state index < -0.39 is 0 Å². The van der Waals surface area contributed by atoms with Crippen molar-refractivity contribution in [1.82, 2.24) is 4.57 Å². The fraction of sp³-hybridized carbons (Fsp3) is 0.0556. The molecule has 0 amide bonds. The van der Waals surface area contributed by atoms with E-state index in [4.69, 9.17) is 0 Å². The van der Waals surface area contributed by atoms with Gasteiger partial charge in [0.25, 0.3) is 0 Å².